The lowest BCUT2D eigenvalue weighted by Crippen LogP contribution is -2.24. The van der Waals surface area contributed by atoms with Crippen molar-refractivity contribution in [3.63, 3.8) is 0 Å². The second kappa shape index (κ2) is 5.13. The molecule has 0 fully saturated rings. The van der Waals surface area contributed by atoms with Crippen molar-refractivity contribution in [3.8, 4) is 0 Å². The number of aryl methyl sites for hydroxylation is 3. The highest BCUT2D eigenvalue weighted by Gasteiger charge is 2.16. The fourth-order valence-electron chi connectivity index (χ4n) is 2.22. The Hall–Kier alpha value is -1.69. The van der Waals surface area contributed by atoms with Gasteiger partial charge >= 0.3 is 0 Å². The summed E-state index contributed by atoms with van der Waals surface area (Å²) in [5.74, 6) is 1.59. The van der Waals surface area contributed by atoms with E-state index in [4.69, 9.17) is 0 Å². The zero-order valence-electron chi connectivity index (χ0n) is 12.3. The van der Waals surface area contributed by atoms with E-state index in [1.54, 1.807) is 0 Å². The molecule has 0 aliphatic carbocycles. The lowest BCUT2D eigenvalue weighted by Gasteiger charge is -2.17. The molecule has 0 aromatic carbocycles. The van der Waals surface area contributed by atoms with Gasteiger partial charge < -0.3 is 9.13 Å². The van der Waals surface area contributed by atoms with Gasteiger partial charge in [-0.15, -0.1) is 0 Å². The molecular formula is C13H21N5O. The van der Waals surface area contributed by atoms with Crippen molar-refractivity contribution in [2.45, 2.75) is 27.3 Å². The predicted molar refractivity (Wildman–Crippen MR) is 75.1 cm³/mol. The molecule has 2 aromatic rings. The summed E-state index contributed by atoms with van der Waals surface area (Å²) in [5.41, 5.74) is 1.09. The maximum absolute atomic E-state index is 12.0. The summed E-state index contributed by atoms with van der Waals surface area (Å²) in [6, 6.07) is 0. The Morgan fingerprint density at radius 1 is 1.11 bits per heavy atom. The van der Waals surface area contributed by atoms with Crippen molar-refractivity contribution in [1.29, 1.82) is 0 Å². The molecule has 0 atom stereocenters. The largest absolute Gasteiger partial charge is 0.324 e. The molecule has 0 aliphatic heterocycles. The van der Waals surface area contributed by atoms with Gasteiger partial charge in [0.25, 0.3) is 5.56 Å². The summed E-state index contributed by atoms with van der Waals surface area (Å²) in [5, 5.41) is 0. The maximum atomic E-state index is 12.0. The van der Waals surface area contributed by atoms with Crippen LogP contribution in [0.25, 0.3) is 11.2 Å². The van der Waals surface area contributed by atoms with Gasteiger partial charge in [0, 0.05) is 14.1 Å². The van der Waals surface area contributed by atoms with E-state index >= 15 is 0 Å². The number of aromatic nitrogens is 4. The molecule has 0 unspecified atom stereocenters. The van der Waals surface area contributed by atoms with E-state index in [2.05, 4.69) is 28.7 Å². The summed E-state index contributed by atoms with van der Waals surface area (Å²) < 4.78 is 3.73. The lowest BCUT2D eigenvalue weighted by atomic mass is 10.4. The number of nitrogens with zero attached hydrogens (tertiary/aromatic N) is 5. The molecule has 0 saturated heterocycles. The second-order valence-corrected chi connectivity index (χ2v) is 4.74. The van der Waals surface area contributed by atoms with Crippen LogP contribution >= 0.6 is 0 Å². The molecule has 2 heterocycles. The average molecular weight is 263 g/mol. The van der Waals surface area contributed by atoms with Crippen LogP contribution in [0.4, 0.5) is 0 Å². The number of hydrogen-bond acceptors (Lipinski definition) is 4. The number of imidazole rings is 1. The Morgan fingerprint density at radius 2 is 1.74 bits per heavy atom. The van der Waals surface area contributed by atoms with Gasteiger partial charge in [0.1, 0.15) is 11.6 Å². The standard InChI is InChI=1S/C13H21N5O/c1-6-18(7-2)8-10-15-12-11(17(10)5)13(19)14-9(3)16(12)4/h6-8H2,1-5H3. The zero-order valence-corrected chi connectivity index (χ0v) is 12.3. The van der Waals surface area contributed by atoms with Crippen molar-refractivity contribution < 1.29 is 0 Å². The van der Waals surface area contributed by atoms with Crippen molar-refractivity contribution in [2.75, 3.05) is 13.1 Å². The Kier molecular flexibility index (Phi) is 3.71. The van der Waals surface area contributed by atoms with Crippen LogP contribution in [0, 0.1) is 6.92 Å². The number of hydrogen-bond donors (Lipinski definition) is 0. The maximum Gasteiger partial charge on any atom is 0.299 e. The Labute approximate surface area is 112 Å². The SMILES string of the molecule is CCN(CC)Cc1nc2c(c(=O)nc(C)n2C)n1C. The van der Waals surface area contributed by atoms with E-state index in [9.17, 15) is 4.79 Å². The van der Waals surface area contributed by atoms with E-state index in [1.807, 2.05) is 30.2 Å². The first kappa shape index (κ1) is 13.7. The van der Waals surface area contributed by atoms with Crippen LogP contribution in [0.3, 0.4) is 0 Å². The first-order valence-corrected chi connectivity index (χ1v) is 6.60. The van der Waals surface area contributed by atoms with Crippen molar-refractivity contribution in [2.24, 2.45) is 14.1 Å². The normalized spacial score (nSPS) is 11.7. The molecule has 0 bridgehead atoms. The molecule has 19 heavy (non-hydrogen) atoms. The quantitative estimate of drug-likeness (QED) is 0.819. The van der Waals surface area contributed by atoms with Crippen LogP contribution in [-0.2, 0) is 20.6 Å². The highest BCUT2D eigenvalue weighted by Crippen LogP contribution is 2.12. The van der Waals surface area contributed by atoms with E-state index in [0.717, 1.165) is 25.5 Å². The minimum Gasteiger partial charge on any atom is -0.324 e. The third-order valence-electron chi connectivity index (χ3n) is 3.70. The Balaban J connectivity index is 2.60. The average Bonchev–Trinajstić information content (AvgIpc) is 2.71. The van der Waals surface area contributed by atoms with Crippen molar-refractivity contribution in [1.82, 2.24) is 24.0 Å². The predicted octanol–water partition coefficient (Wildman–Crippen LogP) is 0.817. The highest BCUT2D eigenvalue weighted by atomic mass is 16.1. The van der Waals surface area contributed by atoms with E-state index in [-0.39, 0.29) is 5.56 Å². The third kappa shape index (κ3) is 2.28. The molecule has 2 rings (SSSR count). The van der Waals surface area contributed by atoms with Crippen LogP contribution in [0.15, 0.2) is 4.79 Å². The summed E-state index contributed by atoms with van der Waals surface area (Å²) in [6.45, 7) is 8.74. The van der Waals surface area contributed by atoms with Gasteiger partial charge in [0.05, 0.1) is 6.54 Å². The van der Waals surface area contributed by atoms with Gasteiger partial charge in [0.2, 0.25) is 0 Å². The molecule has 0 spiro atoms. The van der Waals surface area contributed by atoms with Crippen LogP contribution in [0.2, 0.25) is 0 Å². The van der Waals surface area contributed by atoms with Gasteiger partial charge in [-0.2, -0.15) is 4.98 Å². The number of fused-ring (bicyclic) bond motifs is 1. The van der Waals surface area contributed by atoms with Crippen molar-refractivity contribution >= 4 is 11.2 Å². The Bertz CT molecular complexity index is 651. The first-order chi connectivity index (χ1) is 8.99. The first-order valence-electron chi connectivity index (χ1n) is 6.60. The van der Waals surface area contributed by atoms with Crippen LogP contribution < -0.4 is 5.56 Å². The molecule has 0 aliphatic rings. The van der Waals surface area contributed by atoms with Crippen LogP contribution in [0.1, 0.15) is 25.5 Å². The van der Waals surface area contributed by atoms with E-state index in [0.29, 0.717) is 17.0 Å². The van der Waals surface area contributed by atoms with Crippen molar-refractivity contribution in [3.05, 3.63) is 22.0 Å². The highest BCUT2D eigenvalue weighted by molar-refractivity contribution is 5.71. The van der Waals surface area contributed by atoms with Crippen LogP contribution in [0.5, 0.6) is 0 Å². The zero-order chi connectivity index (χ0) is 14.2. The molecule has 104 valence electrons. The molecular weight excluding hydrogens is 242 g/mol. The molecule has 2 aromatic heterocycles. The minimum absolute atomic E-state index is 0.202. The van der Waals surface area contributed by atoms with Gasteiger partial charge in [-0.05, 0) is 20.0 Å². The summed E-state index contributed by atoms with van der Waals surface area (Å²) in [7, 11) is 3.77. The second-order valence-electron chi connectivity index (χ2n) is 4.74. The number of rotatable bonds is 4. The van der Waals surface area contributed by atoms with E-state index in [1.165, 1.54) is 0 Å². The summed E-state index contributed by atoms with van der Waals surface area (Å²) in [6.07, 6.45) is 0. The summed E-state index contributed by atoms with van der Waals surface area (Å²) >= 11 is 0. The van der Waals surface area contributed by atoms with Gasteiger partial charge in [-0.3, -0.25) is 9.69 Å². The molecule has 0 radical (unpaired) electrons. The molecule has 0 saturated carbocycles. The topological polar surface area (TPSA) is 56.0 Å². The Morgan fingerprint density at radius 3 is 2.32 bits per heavy atom. The third-order valence-corrected chi connectivity index (χ3v) is 3.70. The molecule has 0 amide bonds. The van der Waals surface area contributed by atoms with Gasteiger partial charge in [-0.1, -0.05) is 13.8 Å². The monoisotopic (exact) mass is 263 g/mol. The van der Waals surface area contributed by atoms with Crippen LogP contribution in [-0.4, -0.2) is 37.1 Å². The lowest BCUT2D eigenvalue weighted by molar-refractivity contribution is 0.285. The van der Waals surface area contributed by atoms with Gasteiger partial charge in [0.15, 0.2) is 11.2 Å². The van der Waals surface area contributed by atoms with Gasteiger partial charge in [-0.25, -0.2) is 4.98 Å². The van der Waals surface area contributed by atoms with E-state index < -0.39 is 0 Å². The minimum atomic E-state index is -0.202. The molecule has 6 heteroatoms. The molecule has 0 N–H and O–H groups in total. The molecule has 6 nitrogen and oxygen atoms in total. The smallest absolute Gasteiger partial charge is 0.299 e. The fourth-order valence-corrected chi connectivity index (χ4v) is 2.22. The fraction of sp³-hybridized carbons (Fsp3) is 0.615. The summed E-state index contributed by atoms with van der Waals surface area (Å²) in [4.78, 5) is 22.9.